The van der Waals surface area contributed by atoms with E-state index in [0.717, 1.165) is 0 Å². The molecule has 1 fully saturated rings. The van der Waals surface area contributed by atoms with Crippen LogP contribution in [0.1, 0.15) is 22.5 Å². The number of anilines is 1. The van der Waals surface area contributed by atoms with Gasteiger partial charge in [-0.15, -0.1) is 12.4 Å². The molecule has 26 heavy (non-hydrogen) atoms. The molecule has 1 aromatic heterocycles. The molecule has 4 N–H and O–H groups in total. The Balaban J connectivity index is 0.00000243. The van der Waals surface area contributed by atoms with Gasteiger partial charge in [0.25, 0.3) is 5.91 Å². The summed E-state index contributed by atoms with van der Waals surface area (Å²) >= 11 is 0. The molecule has 2 heterocycles. The van der Waals surface area contributed by atoms with Crippen molar-refractivity contribution < 1.29 is 18.4 Å². The summed E-state index contributed by atoms with van der Waals surface area (Å²) in [5, 5.41) is 5.45. The van der Waals surface area contributed by atoms with Gasteiger partial charge in [-0.2, -0.15) is 0 Å². The van der Waals surface area contributed by atoms with E-state index in [1.807, 2.05) is 0 Å². The van der Waals surface area contributed by atoms with Gasteiger partial charge in [-0.25, -0.2) is 9.18 Å². The summed E-state index contributed by atoms with van der Waals surface area (Å²) in [7, 11) is 0. The zero-order valence-corrected chi connectivity index (χ0v) is 14.7. The first kappa shape index (κ1) is 19.7. The molecule has 0 radical (unpaired) electrons. The number of benzene rings is 1. The lowest BCUT2D eigenvalue weighted by atomic mass is 10.2. The molecule has 2 aromatic rings. The number of carbonyl (C=O) groups excluding carboxylic acids is 2. The van der Waals surface area contributed by atoms with Crippen molar-refractivity contribution in [3.8, 4) is 0 Å². The molecule has 1 aliphatic rings. The highest BCUT2D eigenvalue weighted by Gasteiger charge is 2.28. The highest BCUT2D eigenvalue weighted by Crippen LogP contribution is 2.16. The van der Waals surface area contributed by atoms with Crippen molar-refractivity contribution in [2.75, 3.05) is 18.4 Å². The largest absolute Gasteiger partial charge is 0.467 e. The molecule has 1 aromatic carbocycles. The number of nitrogens with one attached hydrogen (secondary N) is 2. The number of nitrogens with zero attached hydrogens (tertiary/aromatic N) is 1. The molecule has 1 aliphatic heterocycles. The number of rotatable bonds is 4. The fourth-order valence-corrected chi connectivity index (χ4v) is 2.73. The van der Waals surface area contributed by atoms with E-state index in [1.165, 1.54) is 30.5 Å². The SMILES string of the molecule is Cl.NCc1cc(C(=O)N2CCC(NC(=O)Nc3ccc(F)cc3)C2)co1. The maximum atomic E-state index is 12.9. The lowest BCUT2D eigenvalue weighted by molar-refractivity contribution is 0.0789. The minimum absolute atomic E-state index is 0. The molecule has 9 heteroatoms. The van der Waals surface area contributed by atoms with Gasteiger partial charge in [0.15, 0.2) is 0 Å². The molecule has 0 bridgehead atoms. The lowest BCUT2D eigenvalue weighted by Gasteiger charge is -2.16. The molecule has 0 spiro atoms. The van der Waals surface area contributed by atoms with Gasteiger partial charge in [-0.05, 0) is 36.8 Å². The standard InChI is InChI=1S/C17H19FN4O3.ClH/c18-12-1-3-13(4-2-12)20-17(24)21-14-5-6-22(9-14)16(23)11-7-15(8-19)25-10-11;/h1-4,7,10,14H,5-6,8-9,19H2,(H2,20,21,24);1H. The Morgan fingerprint density at radius 1 is 1.31 bits per heavy atom. The third-order valence-corrected chi connectivity index (χ3v) is 4.01. The summed E-state index contributed by atoms with van der Waals surface area (Å²) in [6.45, 7) is 1.20. The number of nitrogens with two attached hydrogens (primary N) is 1. The molecule has 3 rings (SSSR count). The van der Waals surface area contributed by atoms with Gasteiger partial charge >= 0.3 is 6.03 Å². The second kappa shape index (κ2) is 8.68. The van der Waals surface area contributed by atoms with Gasteiger partial charge in [0.05, 0.1) is 12.1 Å². The van der Waals surface area contributed by atoms with Gasteiger partial charge < -0.3 is 25.7 Å². The van der Waals surface area contributed by atoms with Crippen molar-refractivity contribution in [2.24, 2.45) is 5.73 Å². The first-order valence-corrected chi connectivity index (χ1v) is 7.95. The Kier molecular flexibility index (Phi) is 6.59. The van der Waals surface area contributed by atoms with Crippen LogP contribution in [0.3, 0.4) is 0 Å². The molecule has 1 saturated heterocycles. The topological polar surface area (TPSA) is 101 Å². The van der Waals surface area contributed by atoms with E-state index >= 15 is 0 Å². The molecule has 3 amide bonds. The predicted molar refractivity (Wildman–Crippen MR) is 96.7 cm³/mol. The third-order valence-electron chi connectivity index (χ3n) is 4.01. The maximum absolute atomic E-state index is 12.9. The van der Waals surface area contributed by atoms with E-state index in [-0.39, 0.29) is 42.7 Å². The van der Waals surface area contributed by atoms with Crippen molar-refractivity contribution in [2.45, 2.75) is 19.0 Å². The Morgan fingerprint density at radius 3 is 2.69 bits per heavy atom. The third kappa shape index (κ3) is 4.74. The van der Waals surface area contributed by atoms with E-state index in [9.17, 15) is 14.0 Å². The minimum Gasteiger partial charge on any atom is -0.467 e. The smallest absolute Gasteiger partial charge is 0.319 e. The average molecular weight is 383 g/mol. The molecule has 1 atom stereocenters. The molecule has 0 saturated carbocycles. The van der Waals surface area contributed by atoms with Crippen LogP contribution in [0.4, 0.5) is 14.9 Å². The van der Waals surface area contributed by atoms with Crippen LogP contribution in [0.5, 0.6) is 0 Å². The number of amides is 3. The number of halogens is 2. The second-order valence-corrected chi connectivity index (χ2v) is 5.85. The van der Waals surface area contributed by atoms with Crippen molar-refractivity contribution in [3.63, 3.8) is 0 Å². The van der Waals surface area contributed by atoms with Crippen molar-refractivity contribution in [1.29, 1.82) is 0 Å². The van der Waals surface area contributed by atoms with E-state index in [1.54, 1.807) is 11.0 Å². The number of hydrogen-bond donors (Lipinski definition) is 3. The summed E-state index contributed by atoms with van der Waals surface area (Å²) in [6.07, 6.45) is 2.05. The van der Waals surface area contributed by atoms with Crippen LogP contribution in [0, 0.1) is 5.82 Å². The van der Waals surface area contributed by atoms with Crippen LogP contribution in [0.2, 0.25) is 0 Å². The Labute approximate surface area is 156 Å². The van der Waals surface area contributed by atoms with Crippen molar-refractivity contribution >= 4 is 30.0 Å². The second-order valence-electron chi connectivity index (χ2n) is 5.85. The first-order valence-electron chi connectivity index (χ1n) is 7.95. The number of hydrogen-bond acceptors (Lipinski definition) is 4. The van der Waals surface area contributed by atoms with Gasteiger partial charge in [-0.3, -0.25) is 4.79 Å². The predicted octanol–water partition coefficient (Wildman–Crippen LogP) is 2.34. The van der Waals surface area contributed by atoms with E-state index < -0.39 is 0 Å². The molecule has 140 valence electrons. The summed E-state index contributed by atoms with van der Waals surface area (Å²) in [4.78, 5) is 26.0. The van der Waals surface area contributed by atoms with Crippen LogP contribution in [0.25, 0.3) is 0 Å². The molecular weight excluding hydrogens is 363 g/mol. The van der Waals surface area contributed by atoms with Gasteiger partial charge in [-0.1, -0.05) is 0 Å². The quantitative estimate of drug-likeness (QED) is 0.755. The maximum Gasteiger partial charge on any atom is 0.319 e. The monoisotopic (exact) mass is 382 g/mol. The van der Waals surface area contributed by atoms with Crippen LogP contribution in [-0.2, 0) is 6.54 Å². The van der Waals surface area contributed by atoms with Crippen LogP contribution >= 0.6 is 12.4 Å². The fraction of sp³-hybridized carbons (Fsp3) is 0.294. The molecule has 7 nitrogen and oxygen atoms in total. The van der Waals surface area contributed by atoms with Gasteiger partial charge in [0.2, 0.25) is 0 Å². The fourth-order valence-electron chi connectivity index (χ4n) is 2.73. The summed E-state index contributed by atoms with van der Waals surface area (Å²) in [6, 6.07) is 6.59. The summed E-state index contributed by atoms with van der Waals surface area (Å²) < 4.78 is 18.0. The van der Waals surface area contributed by atoms with Crippen LogP contribution in [0.15, 0.2) is 41.0 Å². The Hall–Kier alpha value is -2.58. The number of likely N-dealkylation sites (tertiary alicyclic amines) is 1. The van der Waals surface area contributed by atoms with Crippen LogP contribution < -0.4 is 16.4 Å². The zero-order valence-electron chi connectivity index (χ0n) is 13.9. The molecule has 0 aliphatic carbocycles. The lowest BCUT2D eigenvalue weighted by Crippen LogP contribution is -2.40. The number of furan rings is 1. The van der Waals surface area contributed by atoms with Crippen molar-refractivity contribution in [1.82, 2.24) is 10.2 Å². The molecular formula is C17H20ClFN4O3. The Morgan fingerprint density at radius 2 is 2.04 bits per heavy atom. The van der Waals surface area contributed by atoms with Gasteiger partial charge in [0, 0.05) is 24.8 Å². The zero-order chi connectivity index (χ0) is 17.8. The van der Waals surface area contributed by atoms with Crippen LogP contribution in [-0.4, -0.2) is 36.0 Å². The normalized spacial score (nSPS) is 16.1. The van der Waals surface area contributed by atoms with Gasteiger partial charge in [0.1, 0.15) is 17.8 Å². The summed E-state index contributed by atoms with van der Waals surface area (Å²) in [5.74, 6) is 0.0375. The minimum atomic E-state index is -0.389. The summed E-state index contributed by atoms with van der Waals surface area (Å²) in [5.41, 5.74) is 6.42. The van der Waals surface area contributed by atoms with E-state index in [2.05, 4.69) is 10.6 Å². The van der Waals surface area contributed by atoms with E-state index in [4.69, 9.17) is 10.2 Å². The van der Waals surface area contributed by atoms with Crippen molar-refractivity contribution in [3.05, 3.63) is 53.7 Å². The molecule has 1 unspecified atom stereocenters. The highest BCUT2D eigenvalue weighted by atomic mass is 35.5. The first-order chi connectivity index (χ1) is 12.0. The average Bonchev–Trinajstić information content (AvgIpc) is 3.25. The highest BCUT2D eigenvalue weighted by molar-refractivity contribution is 5.94. The Bertz CT molecular complexity index is 766. The van der Waals surface area contributed by atoms with E-state index in [0.29, 0.717) is 36.5 Å². The number of urea groups is 1. The number of carbonyl (C=O) groups is 2.